The number of aryl methyl sites for hydroxylation is 1. The van der Waals surface area contributed by atoms with Gasteiger partial charge in [0.2, 0.25) is 5.82 Å². The molecule has 76 valence electrons. The Morgan fingerprint density at radius 2 is 2.21 bits per heavy atom. The van der Waals surface area contributed by atoms with Crippen LogP contribution in [0.2, 0.25) is 0 Å². The quantitative estimate of drug-likeness (QED) is 0.585. The Labute approximate surface area is 81.5 Å². The van der Waals surface area contributed by atoms with Crippen LogP contribution in [-0.2, 0) is 0 Å². The Balaban J connectivity index is 3.09. The van der Waals surface area contributed by atoms with Crippen molar-refractivity contribution in [3.63, 3.8) is 0 Å². The maximum atomic E-state index is 10.6. The summed E-state index contributed by atoms with van der Waals surface area (Å²) in [5.41, 5.74) is -0.0932. The van der Waals surface area contributed by atoms with E-state index in [9.17, 15) is 10.1 Å². The Bertz CT molecular complexity index is 351. The second-order valence-electron chi connectivity index (χ2n) is 3.21. The van der Waals surface area contributed by atoms with E-state index in [1.165, 1.54) is 6.20 Å². The number of hydrogen-bond donors (Lipinski definition) is 1. The van der Waals surface area contributed by atoms with Gasteiger partial charge in [-0.05, 0) is 20.8 Å². The molecule has 0 radical (unpaired) electrons. The largest absolute Gasteiger partial charge is 0.362 e. The molecule has 0 fully saturated rings. The molecule has 6 nitrogen and oxygen atoms in total. The molecule has 0 amide bonds. The number of aromatic nitrogens is 2. The van der Waals surface area contributed by atoms with Crippen molar-refractivity contribution in [1.82, 2.24) is 9.97 Å². The van der Waals surface area contributed by atoms with Crippen molar-refractivity contribution < 1.29 is 4.92 Å². The molecule has 0 bridgehead atoms. The predicted molar refractivity (Wildman–Crippen MR) is 52.2 cm³/mol. The molecule has 0 aromatic carbocycles. The van der Waals surface area contributed by atoms with Gasteiger partial charge in [0.1, 0.15) is 12.0 Å². The summed E-state index contributed by atoms with van der Waals surface area (Å²) in [6.07, 6.45) is 1.22. The number of nitrogens with zero attached hydrogens (tertiary/aromatic N) is 3. The summed E-state index contributed by atoms with van der Waals surface area (Å²) >= 11 is 0. The van der Waals surface area contributed by atoms with Gasteiger partial charge in [0.25, 0.3) is 0 Å². The second-order valence-corrected chi connectivity index (χ2v) is 3.21. The summed E-state index contributed by atoms with van der Waals surface area (Å²) in [4.78, 5) is 17.9. The van der Waals surface area contributed by atoms with Crippen LogP contribution in [0.3, 0.4) is 0 Å². The van der Waals surface area contributed by atoms with E-state index in [4.69, 9.17) is 0 Å². The molecule has 1 heterocycles. The number of rotatable bonds is 3. The van der Waals surface area contributed by atoms with Gasteiger partial charge in [-0.3, -0.25) is 10.1 Å². The predicted octanol–water partition coefficient (Wildman–Crippen LogP) is 1.51. The van der Waals surface area contributed by atoms with Gasteiger partial charge in [0, 0.05) is 6.04 Å². The van der Waals surface area contributed by atoms with Crippen LogP contribution >= 0.6 is 0 Å². The zero-order chi connectivity index (χ0) is 10.7. The maximum Gasteiger partial charge on any atom is 0.329 e. The molecule has 0 aliphatic carbocycles. The monoisotopic (exact) mass is 196 g/mol. The average Bonchev–Trinajstić information content (AvgIpc) is 2.01. The van der Waals surface area contributed by atoms with Crippen LogP contribution in [0.15, 0.2) is 6.20 Å². The number of nitrogens with one attached hydrogen (secondary N) is 1. The lowest BCUT2D eigenvalue weighted by Crippen LogP contribution is -2.13. The minimum absolute atomic E-state index is 0.0932. The number of nitro groups is 1. The SMILES string of the molecule is Cc1ncc([N+](=O)[O-])c(NC(C)C)n1. The lowest BCUT2D eigenvalue weighted by molar-refractivity contribution is -0.384. The molecule has 14 heavy (non-hydrogen) atoms. The summed E-state index contributed by atoms with van der Waals surface area (Å²) in [6, 6.07) is 0.1000. The maximum absolute atomic E-state index is 10.6. The summed E-state index contributed by atoms with van der Waals surface area (Å²) < 4.78 is 0. The summed E-state index contributed by atoms with van der Waals surface area (Å²) in [5, 5.41) is 13.5. The van der Waals surface area contributed by atoms with E-state index in [2.05, 4.69) is 15.3 Å². The van der Waals surface area contributed by atoms with Gasteiger partial charge in [-0.2, -0.15) is 0 Å². The molecule has 0 atom stereocenters. The van der Waals surface area contributed by atoms with E-state index in [0.29, 0.717) is 5.82 Å². The van der Waals surface area contributed by atoms with Crippen LogP contribution in [0.4, 0.5) is 11.5 Å². The molecule has 6 heteroatoms. The second kappa shape index (κ2) is 3.99. The van der Waals surface area contributed by atoms with E-state index in [0.717, 1.165) is 0 Å². The molecule has 0 aliphatic rings. The lowest BCUT2D eigenvalue weighted by Gasteiger charge is -2.08. The minimum atomic E-state index is -0.496. The highest BCUT2D eigenvalue weighted by molar-refractivity contribution is 5.54. The number of hydrogen-bond acceptors (Lipinski definition) is 5. The van der Waals surface area contributed by atoms with E-state index in [1.807, 2.05) is 13.8 Å². The fourth-order valence-corrected chi connectivity index (χ4v) is 0.977. The molecule has 1 N–H and O–H groups in total. The zero-order valence-corrected chi connectivity index (χ0v) is 8.31. The summed E-state index contributed by atoms with van der Waals surface area (Å²) in [5.74, 6) is 0.788. The third-order valence-electron chi connectivity index (χ3n) is 1.51. The normalized spacial score (nSPS) is 10.3. The average molecular weight is 196 g/mol. The van der Waals surface area contributed by atoms with Crippen molar-refractivity contribution >= 4 is 11.5 Å². The minimum Gasteiger partial charge on any atom is -0.362 e. The number of anilines is 1. The van der Waals surface area contributed by atoms with Crippen LogP contribution < -0.4 is 5.32 Å². The third-order valence-corrected chi connectivity index (χ3v) is 1.51. The van der Waals surface area contributed by atoms with Gasteiger partial charge in [0.15, 0.2) is 0 Å². The van der Waals surface area contributed by atoms with Crippen molar-refractivity contribution in [3.8, 4) is 0 Å². The molecular formula is C8H12N4O2. The highest BCUT2D eigenvalue weighted by Gasteiger charge is 2.16. The molecule has 1 rings (SSSR count). The molecule has 0 saturated carbocycles. The van der Waals surface area contributed by atoms with E-state index in [1.54, 1.807) is 6.92 Å². The fourth-order valence-electron chi connectivity index (χ4n) is 0.977. The van der Waals surface area contributed by atoms with Crippen LogP contribution in [0.5, 0.6) is 0 Å². The van der Waals surface area contributed by atoms with Crippen LogP contribution in [0, 0.1) is 17.0 Å². The Morgan fingerprint density at radius 1 is 1.57 bits per heavy atom. The van der Waals surface area contributed by atoms with Crippen molar-refractivity contribution in [1.29, 1.82) is 0 Å². The highest BCUT2D eigenvalue weighted by atomic mass is 16.6. The van der Waals surface area contributed by atoms with Gasteiger partial charge in [-0.25, -0.2) is 9.97 Å². The van der Waals surface area contributed by atoms with E-state index >= 15 is 0 Å². The first-order valence-electron chi connectivity index (χ1n) is 4.25. The topological polar surface area (TPSA) is 81.0 Å². The summed E-state index contributed by atoms with van der Waals surface area (Å²) in [6.45, 7) is 5.47. The van der Waals surface area contributed by atoms with Crippen LogP contribution in [-0.4, -0.2) is 20.9 Å². The van der Waals surface area contributed by atoms with Crippen LogP contribution in [0.1, 0.15) is 19.7 Å². The molecule has 0 unspecified atom stereocenters. The van der Waals surface area contributed by atoms with Crippen molar-refractivity contribution in [3.05, 3.63) is 22.1 Å². The van der Waals surface area contributed by atoms with Gasteiger partial charge in [-0.15, -0.1) is 0 Å². The third kappa shape index (κ3) is 2.38. The first-order chi connectivity index (χ1) is 6.50. The zero-order valence-electron chi connectivity index (χ0n) is 8.31. The lowest BCUT2D eigenvalue weighted by atomic mass is 10.3. The van der Waals surface area contributed by atoms with E-state index < -0.39 is 4.92 Å². The highest BCUT2D eigenvalue weighted by Crippen LogP contribution is 2.20. The fraction of sp³-hybridized carbons (Fsp3) is 0.500. The van der Waals surface area contributed by atoms with Crippen molar-refractivity contribution in [2.45, 2.75) is 26.8 Å². The van der Waals surface area contributed by atoms with Crippen LogP contribution in [0.25, 0.3) is 0 Å². The molecule has 1 aromatic heterocycles. The van der Waals surface area contributed by atoms with Gasteiger partial charge in [0.05, 0.1) is 4.92 Å². The Hall–Kier alpha value is -1.72. The standard InChI is InChI=1S/C8H12N4O2/c1-5(2)10-8-7(12(13)14)4-9-6(3)11-8/h4-5H,1-3H3,(H,9,10,11). The van der Waals surface area contributed by atoms with Gasteiger partial charge < -0.3 is 5.32 Å². The molecule has 0 spiro atoms. The first kappa shape index (κ1) is 10.4. The van der Waals surface area contributed by atoms with Crippen molar-refractivity contribution in [2.75, 3.05) is 5.32 Å². The molecular weight excluding hydrogens is 184 g/mol. The first-order valence-corrected chi connectivity index (χ1v) is 4.25. The smallest absolute Gasteiger partial charge is 0.329 e. The van der Waals surface area contributed by atoms with E-state index in [-0.39, 0.29) is 17.5 Å². The Morgan fingerprint density at radius 3 is 2.71 bits per heavy atom. The molecule has 0 aliphatic heterocycles. The Kier molecular flexibility index (Phi) is 2.95. The van der Waals surface area contributed by atoms with Gasteiger partial charge >= 0.3 is 5.69 Å². The molecule has 1 aromatic rings. The molecule has 0 saturated heterocycles. The van der Waals surface area contributed by atoms with Crippen molar-refractivity contribution in [2.24, 2.45) is 0 Å². The van der Waals surface area contributed by atoms with Gasteiger partial charge in [-0.1, -0.05) is 0 Å². The summed E-state index contributed by atoms with van der Waals surface area (Å²) in [7, 11) is 0.